The Balaban J connectivity index is 1.83. The maximum absolute atomic E-state index is 11.0. The van der Waals surface area contributed by atoms with E-state index in [1.54, 1.807) is 0 Å². The fraction of sp³-hybridized carbons (Fsp3) is 1.00. The molecule has 2 aliphatic rings. The van der Waals surface area contributed by atoms with Gasteiger partial charge in [-0.25, -0.2) is 4.31 Å². The van der Waals surface area contributed by atoms with E-state index in [0.29, 0.717) is 0 Å². The van der Waals surface area contributed by atoms with Gasteiger partial charge in [0.25, 0.3) is 0 Å². The zero-order chi connectivity index (χ0) is 11.4. The molecule has 0 amide bonds. The Morgan fingerprint density at radius 3 is 2.06 bits per heavy atom. The first-order valence-electron chi connectivity index (χ1n) is 5.59. The van der Waals surface area contributed by atoms with Crippen molar-refractivity contribution in [1.29, 1.82) is 0 Å². The fourth-order valence-electron chi connectivity index (χ4n) is 2.02. The molecule has 6 nitrogen and oxygen atoms in total. The quantitative estimate of drug-likeness (QED) is 0.613. The van der Waals surface area contributed by atoms with E-state index in [4.69, 9.17) is 9.05 Å². The van der Waals surface area contributed by atoms with Crippen LogP contribution >= 0.6 is 16.5 Å². The van der Waals surface area contributed by atoms with Crippen LogP contribution in [0.3, 0.4) is 0 Å². The van der Waals surface area contributed by atoms with Crippen LogP contribution in [-0.4, -0.2) is 12.5 Å². The van der Waals surface area contributed by atoms with Gasteiger partial charge < -0.3 is 0 Å². The summed E-state index contributed by atoms with van der Waals surface area (Å²) < 4.78 is 36.4. The molecular weight excluding hydrogens is 252 g/mol. The molecule has 1 aliphatic heterocycles. The van der Waals surface area contributed by atoms with E-state index in [1.807, 2.05) is 0 Å². The predicted molar refractivity (Wildman–Crippen MR) is 59.7 cm³/mol. The van der Waals surface area contributed by atoms with Crippen molar-refractivity contribution in [2.75, 3.05) is 0 Å². The number of hydrogen-bond donors (Lipinski definition) is 1. The van der Waals surface area contributed by atoms with Gasteiger partial charge in [-0.15, -0.1) is 0 Å². The summed E-state index contributed by atoms with van der Waals surface area (Å²) in [6.45, 7) is 0. The summed E-state index contributed by atoms with van der Waals surface area (Å²) in [7, 11) is -5.31. The Morgan fingerprint density at radius 2 is 1.50 bits per heavy atom. The smallest absolute Gasteiger partial charge is 0.265 e. The van der Waals surface area contributed by atoms with Crippen LogP contribution in [-0.2, 0) is 22.5 Å². The Hall–Kier alpha value is 0.300. The van der Waals surface area contributed by atoms with Gasteiger partial charge in [-0.1, -0.05) is 25.7 Å². The van der Waals surface area contributed by atoms with Gasteiger partial charge in [-0.3, -0.25) is 23.5 Å². The third kappa shape index (κ3) is 3.95. The lowest BCUT2D eigenvalue weighted by Crippen LogP contribution is -2.40. The minimum Gasteiger partial charge on any atom is -0.265 e. The summed E-state index contributed by atoms with van der Waals surface area (Å²) in [5, 5.41) is 3.09. The van der Waals surface area contributed by atoms with Crippen LogP contribution in [0.4, 0.5) is 0 Å². The lowest BCUT2D eigenvalue weighted by molar-refractivity contribution is -0.0488. The molecule has 0 radical (unpaired) electrons. The van der Waals surface area contributed by atoms with Crippen LogP contribution in [0.25, 0.3) is 0 Å². The van der Waals surface area contributed by atoms with Crippen LogP contribution in [0.15, 0.2) is 0 Å². The summed E-state index contributed by atoms with van der Waals surface area (Å²) in [4.78, 5) is 0. The Morgan fingerprint density at radius 1 is 0.938 bits per heavy atom. The lowest BCUT2D eigenvalue weighted by atomic mass is 10.1. The van der Waals surface area contributed by atoms with Crippen molar-refractivity contribution >= 4 is 16.5 Å². The second-order valence-corrected chi connectivity index (χ2v) is 6.31. The van der Waals surface area contributed by atoms with Crippen LogP contribution in [0.1, 0.15) is 38.5 Å². The molecule has 1 saturated heterocycles. The van der Waals surface area contributed by atoms with E-state index >= 15 is 0 Å². The summed E-state index contributed by atoms with van der Waals surface area (Å²) in [5.41, 5.74) is 0. The molecule has 0 aromatic carbocycles. The van der Waals surface area contributed by atoms with E-state index in [-0.39, 0.29) is 6.04 Å². The first kappa shape index (κ1) is 12.7. The monoisotopic (exact) mass is 269 g/mol. The van der Waals surface area contributed by atoms with Crippen LogP contribution in [0.5, 0.6) is 0 Å². The molecule has 2 rings (SSSR count). The summed E-state index contributed by atoms with van der Waals surface area (Å²) >= 11 is 0. The molecule has 2 atom stereocenters. The normalized spacial score (nSPS) is 38.1. The molecule has 16 heavy (non-hydrogen) atoms. The molecule has 1 saturated carbocycles. The maximum atomic E-state index is 11.0. The number of rotatable bonds is 2. The highest BCUT2D eigenvalue weighted by Gasteiger charge is 2.27. The predicted octanol–water partition coefficient (Wildman–Crippen LogP) is 2.43. The molecule has 0 aromatic heterocycles. The number of nitrogens with one attached hydrogen (secondary N) is 1. The molecule has 1 aliphatic carbocycles. The van der Waals surface area contributed by atoms with Crippen molar-refractivity contribution in [3.63, 3.8) is 0 Å². The first-order valence-corrected chi connectivity index (χ1v) is 8.04. The van der Waals surface area contributed by atoms with Gasteiger partial charge in [0.15, 0.2) is 0 Å². The Labute approximate surface area is 95.9 Å². The molecule has 0 bridgehead atoms. The number of hydrogen-bond acceptors (Lipinski definition) is 6. The minimum atomic E-state index is -2.65. The van der Waals surface area contributed by atoms with Crippen molar-refractivity contribution in [3.05, 3.63) is 0 Å². The van der Waals surface area contributed by atoms with Gasteiger partial charge in [-0.05, 0) is 12.8 Å². The third-order valence-corrected chi connectivity index (χ3v) is 4.95. The van der Waals surface area contributed by atoms with Crippen molar-refractivity contribution in [1.82, 2.24) is 5.32 Å². The average Bonchev–Trinajstić information content (AvgIpc) is 2.44. The lowest BCUT2D eigenvalue weighted by Gasteiger charge is -2.26. The van der Waals surface area contributed by atoms with Gasteiger partial charge in [0.2, 0.25) is 6.41 Å². The van der Waals surface area contributed by atoms with Gasteiger partial charge in [0.1, 0.15) is 0 Å². The second kappa shape index (κ2) is 6.29. The van der Waals surface area contributed by atoms with E-state index in [1.165, 1.54) is 25.7 Å². The fourth-order valence-corrected chi connectivity index (χ4v) is 3.63. The van der Waals surface area contributed by atoms with E-state index in [2.05, 4.69) is 9.63 Å². The minimum absolute atomic E-state index is 0.287. The van der Waals surface area contributed by atoms with E-state index in [0.717, 1.165) is 12.8 Å². The van der Waals surface area contributed by atoms with Crippen molar-refractivity contribution < 1.29 is 22.5 Å². The van der Waals surface area contributed by atoms with Gasteiger partial charge in [-0.2, -0.15) is 0 Å². The molecule has 0 spiro atoms. The molecule has 2 fully saturated rings. The van der Waals surface area contributed by atoms with E-state index in [9.17, 15) is 9.13 Å². The maximum Gasteiger partial charge on any atom is 0.329 e. The van der Waals surface area contributed by atoms with Crippen molar-refractivity contribution in [3.8, 4) is 0 Å². The summed E-state index contributed by atoms with van der Waals surface area (Å²) in [5.74, 6) is 0. The Bertz CT molecular complexity index is 264. The molecule has 1 N–H and O–H groups in total. The molecule has 8 heteroatoms. The van der Waals surface area contributed by atoms with Gasteiger partial charge >= 0.3 is 16.5 Å². The first-order chi connectivity index (χ1) is 7.74. The standard InChI is InChI=1S/C8H17NO5P2/c10-15-12-8(13-16(11)14-15)9-7-5-3-1-2-4-6-7/h7-9,15-16H,1-6H2. The molecule has 1 heterocycles. The molecule has 94 valence electrons. The zero-order valence-electron chi connectivity index (χ0n) is 8.94. The highest BCUT2D eigenvalue weighted by Crippen LogP contribution is 2.46. The SMILES string of the molecule is O=[PH]1OC(NC2CCCCCC2)O[PH](=O)O1. The zero-order valence-corrected chi connectivity index (χ0v) is 10.9. The largest absolute Gasteiger partial charge is 0.329 e. The topological polar surface area (TPSA) is 73.9 Å². The van der Waals surface area contributed by atoms with E-state index < -0.39 is 22.9 Å². The van der Waals surface area contributed by atoms with Crippen LogP contribution < -0.4 is 5.32 Å². The van der Waals surface area contributed by atoms with Crippen LogP contribution in [0.2, 0.25) is 0 Å². The summed E-state index contributed by atoms with van der Waals surface area (Å²) in [6.07, 6.45) is 6.10. The van der Waals surface area contributed by atoms with Crippen LogP contribution in [0, 0.1) is 0 Å². The van der Waals surface area contributed by atoms with Gasteiger partial charge in [0, 0.05) is 6.04 Å². The third-order valence-electron chi connectivity index (χ3n) is 2.80. The van der Waals surface area contributed by atoms with Crippen molar-refractivity contribution in [2.45, 2.75) is 51.0 Å². The second-order valence-electron chi connectivity index (χ2n) is 4.02. The molecule has 0 aromatic rings. The average molecular weight is 269 g/mol. The molecule has 2 unspecified atom stereocenters. The Kier molecular flexibility index (Phi) is 5.01. The summed E-state index contributed by atoms with van der Waals surface area (Å²) in [6, 6.07) is 0.287. The highest BCUT2D eigenvalue weighted by molar-refractivity contribution is 7.48. The highest BCUT2D eigenvalue weighted by atomic mass is 31.2. The van der Waals surface area contributed by atoms with Gasteiger partial charge in [0.05, 0.1) is 0 Å². The molecular formula is C8H17NO5P2. The van der Waals surface area contributed by atoms with Crippen molar-refractivity contribution in [2.24, 2.45) is 0 Å².